The maximum absolute atomic E-state index is 13.5. The minimum absolute atomic E-state index is 0.194. The van der Waals surface area contributed by atoms with Crippen LogP contribution in [0.15, 0.2) is 83.5 Å². The van der Waals surface area contributed by atoms with Crippen molar-refractivity contribution in [3.8, 4) is 11.5 Å². The van der Waals surface area contributed by atoms with Gasteiger partial charge in [0.25, 0.3) is 5.91 Å². The summed E-state index contributed by atoms with van der Waals surface area (Å²) in [7, 11) is 3.07. The van der Waals surface area contributed by atoms with Gasteiger partial charge in [-0.15, -0.1) is 0 Å². The first-order valence-corrected chi connectivity index (χ1v) is 11.9. The summed E-state index contributed by atoms with van der Waals surface area (Å²) < 4.78 is 24.0. The molecule has 4 rings (SSSR count). The van der Waals surface area contributed by atoms with Gasteiger partial charge in [-0.05, 0) is 55.5 Å². The summed E-state index contributed by atoms with van der Waals surface area (Å²) in [5.41, 5.74) is 1.93. The molecule has 9 heteroatoms. The molecule has 1 atom stereocenters. The minimum Gasteiger partial charge on any atom is -0.493 e. The fourth-order valence-electron chi connectivity index (χ4n) is 3.54. The summed E-state index contributed by atoms with van der Waals surface area (Å²) in [5.74, 6) is -0.0158. The lowest BCUT2D eigenvalue weighted by Gasteiger charge is -2.20. The van der Waals surface area contributed by atoms with Gasteiger partial charge in [-0.25, -0.2) is 9.38 Å². The van der Waals surface area contributed by atoms with E-state index < -0.39 is 5.25 Å². The molecule has 36 heavy (non-hydrogen) atoms. The number of hydrogen-bond acceptors (Lipinski definition) is 6. The van der Waals surface area contributed by atoms with E-state index in [1.54, 1.807) is 43.3 Å². The Morgan fingerprint density at radius 1 is 1.03 bits per heavy atom. The summed E-state index contributed by atoms with van der Waals surface area (Å²) in [6.07, 6.45) is 1.64. The number of thioether (sulfide) groups is 1. The van der Waals surface area contributed by atoms with Crippen molar-refractivity contribution in [2.24, 2.45) is 4.99 Å². The third kappa shape index (κ3) is 5.41. The van der Waals surface area contributed by atoms with E-state index in [0.717, 1.165) is 11.8 Å². The first-order chi connectivity index (χ1) is 17.4. The number of para-hydroxylation sites is 2. The number of amides is 2. The molecule has 1 aliphatic heterocycles. The molecule has 0 fully saturated rings. The van der Waals surface area contributed by atoms with Crippen molar-refractivity contribution in [1.29, 1.82) is 0 Å². The number of nitrogens with one attached hydrogen (secondary N) is 1. The van der Waals surface area contributed by atoms with Gasteiger partial charge < -0.3 is 14.8 Å². The van der Waals surface area contributed by atoms with Crippen LogP contribution < -0.4 is 19.7 Å². The molecule has 1 aliphatic rings. The number of benzene rings is 3. The highest BCUT2D eigenvalue weighted by atomic mass is 32.2. The van der Waals surface area contributed by atoms with Crippen LogP contribution in [-0.2, 0) is 9.59 Å². The van der Waals surface area contributed by atoms with Gasteiger partial charge in [0.15, 0.2) is 16.7 Å². The summed E-state index contributed by atoms with van der Waals surface area (Å²) in [4.78, 5) is 32.3. The van der Waals surface area contributed by atoms with Gasteiger partial charge >= 0.3 is 0 Å². The van der Waals surface area contributed by atoms with E-state index >= 15 is 0 Å². The summed E-state index contributed by atoms with van der Waals surface area (Å²) in [6.45, 7) is 1.71. The number of amidine groups is 1. The van der Waals surface area contributed by atoms with Gasteiger partial charge in [0, 0.05) is 11.3 Å². The van der Waals surface area contributed by atoms with Gasteiger partial charge in [0.2, 0.25) is 5.91 Å². The third-order valence-corrected chi connectivity index (χ3v) is 6.39. The fourth-order valence-corrected chi connectivity index (χ4v) is 4.47. The zero-order valence-corrected chi connectivity index (χ0v) is 20.7. The van der Waals surface area contributed by atoms with Crippen LogP contribution in [0.2, 0.25) is 0 Å². The number of rotatable bonds is 7. The number of anilines is 2. The van der Waals surface area contributed by atoms with Crippen molar-refractivity contribution in [2.45, 2.75) is 12.2 Å². The van der Waals surface area contributed by atoms with Crippen LogP contribution in [-0.4, -0.2) is 36.5 Å². The number of carbonyl (C=O) groups is 2. The maximum Gasteiger partial charge on any atom is 0.283 e. The molecule has 0 aliphatic carbocycles. The molecule has 0 aromatic heterocycles. The van der Waals surface area contributed by atoms with Crippen molar-refractivity contribution in [3.05, 3.63) is 89.9 Å². The van der Waals surface area contributed by atoms with Crippen molar-refractivity contribution in [2.75, 3.05) is 24.4 Å². The maximum atomic E-state index is 13.5. The van der Waals surface area contributed by atoms with E-state index in [9.17, 15) is 14.0 Å². The lowest BCUT2D eigenvalue weighted by Crippen LogP contribution is -2.33. The highest BCUT2D eigenvalue weighted by molar-refractivity contribution is 8.15. The summed E-state index contributed by atoms with van der Waals surface area (Å²) in [6, 6.07) is 20.0. The number of nitrogens with zero attached hydrogens (tertiary/aromatic N) is 2. The van der Waals surface area contributed by atoms with E-state index in [4.69, 9.17) is 9.47 Å². The lowest BCUT2D eigenvalue weighted by atomic mass is 10.1. The number of halogens is 1. The number of aliphatic imine (C=N–C) groups is 1. The third-order valence-electron chi connectivity index (χ3n) is 5.33. The van der Waals surface area contributed by atoms with Crippen LogP contribution in [0.4, 0.5) is 15.8 Å². The molecular weight excluding hydrogens is 481 g/mol. The minimum atomic E-state index is -0.599. The van der Waals surface area contributed by atoms with Crippen LogP contribution in [0.5, 0.6) is 11.5 Å². The lowest BCUT2D eigenvalue weighted by molar-refractivity contribution is -0.115. The molecule has 1 N–H and O–H groups in total. The molecule has 184 valence electrons. The Bertz CT molecular complexity index is 1330. The largest absolute Gasteiger partial charge is 0.493 e. The fraction of sp³-hybridized carbons (Fsp3) is 0.148. The van der Waals surface area contributed by atoms with Crippen LogP contribution in [0.1, 0.15) is 12.5 Å². The smallest absolute Gasteiger partial charge is 0.283 e. The van der Waals surface area contributed by atoms with Gasteiger partial charge in [0.1, 0.15) is 11.5 Å². The van der Waals surface area contributed by atoms with E-state index in [0.29, 0.717) is 33.6 Å². The molecule has 7 nitrogen and oxygen atoms in total. The Kier molecular flexibility index (Phi) is 7.70. The van der Waals surface area contributed by atoms with Crippen LogP contribution in [0.25, 0.3) is 6.08 Å². The average molecular weight is 506 g/mol. The predicted octanol–water partition coefficient (Wildman–Crippen LogP) is 5.35. The second kappa shape index (κ2) is 11.1. The first kappa shape index (κ1) is 25.0. The Balaban J connectivity index is 1.65. The monoisotopic (exact) mass is 505 g/mol. The molecule has 1 unspecified atom stereocenters. The number of hydrogen-bond donors (Lipinski definition) is 1. The first-order valence-electron chi connectivity index (χ1n) is 11.0. The van der Waals surface area contributed by atoms with Gasteiger partial charge in [-0.2, -0.15) is 0 Å². The average Bonchev–Trinajstić information content (AvgIpc) is 3.19. The molecular formula is C27H24FN3O4S. The molecule has 0 bridgehead atoms. The standard InChI is InChI=1S/C27H24FN3O4S/c1-17(25(32)29-20-14-12-19(28)13-15-20)36-27-30-22(26(33)31(27)21-9-5-4-6-10-21)16-18-8-7-11-23(34-2)24(18)35-3/h4-17H,1-3H3,(H,29,32)/b22-16+. The molecule has 1 heterocycles. The highest BCUT2D eigenvalue weighted by Crippen LogP contribution is 2.35. The quantitative estimate of drug-likeness (QED) is 0.438. The highest BCUT2D eigenvalue weighted by Gasteiger charge is 2.34. The molecule has 3 aromatic carbocycles. The zero-order valence-electron chi connectivity index (χ0n) is 19.9. The zero-order chi connectivity index (χ0) is 25.7. The summed E-state index contributed by atoms with van der Waals surface area (Å²) >= 11 is 1.15. The molecule has 0 spiro atoms. The molecule has 3 aromatic rings. The van der Waals surface area contributed by atoms with Crippen molar-refractivity contribution in [1.82, 2.24) is 0 Å². The Labute approximate surface area is 212 Å². The van der Waals surface area contributed by atoms with Gasteiger partial charge in [0.05, 0.1) is 25.2 Å². The predicted molar refractivity (Wildman–Crippen MR) is 141 cm³/mol. The molecule has 0 radical (unpaired) electrons. The molecule has 2 amide bonds. The normalized spacial score (nSPS) is 15.0. The second-order valence-electron chi connectivity index (χ2n) is 7.74. The topological polar surface area (TPSA) is 80.2 Å². The van der Waals surface area contributed by atoms with Crippen molar-refractivity contribution in [3.63, 3.8) is 0 Å². The number of ether oxygens (including phenoxy) is 2. The Hall–Kier alpha value is -4.11. The van der Waals surface area contributed by atoms with E-state index in [-0.39, 0.29) is 23.3 Å². The van der Waals surface area contributed by atoms with E-state index in [2.05, 4.69) is 10.3 Å². The molecule has 0 saturated heterocycles. The van der Waals surface area contributed by atoms with Crippen LogP contribution in [0.3, 0.4) is 0 Å². The van der Waals surface area contributed by atoms with E-state index in [1.807, 2.05) is 18.2 Å². The molecule has 0 saturated carbocycles. The van der Waals surface area contributed by atoms with Crippen molar-refractivity contribution >= 4 is 46.2 Å². The number of methoxy groups -OCH3 is 2. The Morgan fingerprint density at radius 2 is 1.75 bits per heavy atom. The summed E-state index contributed by atoms with van der Waals surface area (Å²) in [5, 5.41) is 2.52. The van der Waals surface area contributed by atoms with Gasteiger partial charge in [-0.3, -0.25) is 14.5 Å². The number of carbonyl (C=O) groups excluding carboxylic acids is 2. The van der Waals surface area contributed by atoms with E-state index in [1.165, 1.54) is 43.4 Å². The van der Waals surface area contributed by atoms with Crippen LogP contribution in [0, 0.1) is 5.82 Å². The van der Waals surface area contributed by atoms with Gasteiger partial charge in [-0.1, -0.05) is 42.1 Å². The van der Waals surface area contributed by atoms with Crippen molar-refractivity contribution < 1.29 is 23.5 Å². The SMILES string of the molecule is COc1cccc(/C=C2/N=C(SC(C)C(=O)Nc3ccc(F)cc3)N(c3ccccc3)C2=O)c1OC. The Morgan fingerprint density at radius 3 is 2.42 bits per heavy atom. The second-order valence-corrected chi connectivity index (χ2v) is 9.05. The van der Waals surface area contributed by atoms with Crippen LogP contribution >= 0.6 is 11.8 Å².